The Morgan fingerprint density at radius 1 is 1.00 bits per heavy atom. The van der Waals surface area contributed by atoms with Gasteiger partial charge < -0.3 is 4.90 Å². The first-order chi connectivity index (χ1) is 10.2. The van der Waals surface area contributed by atoms with Crippen LogP contribution in [-0.2, 0) is 11.3 Å². The van der Waals surface area contributed by atoms with Gasteiger partial charge in [0.25, 0.3) is 0 Å². The van der Waals surface area contributed by atoms with Gasteiger partial charge in [-0.3, -0.25) is 4.79 Å². The van der Waals surface area contributed by atoms with Crippen molar-refractivity contribution in [2.45, 2.75) is 38.6 Å². The van der Waals surface area contributed by atoms with E-state index >= 15 is 0 Å². The van der Waals surface area contributed by atoms with Crippen molar-refractivity contribution in [1.29, 1.82) is 0 Å². The molecule has 0 radical (unpaired) electrons. The summed E-state index contributed by atoms with van der Waals surface area (Å²) in [4.78, 5) is 14.9. The van der Waals surface area contributed by atoms with E-state index in [9.17, 15) is 4.79 Å². The van der Waals surface area contributed by atoms with E-state index in [1.807, 2.05) is 18.0 Å². The molecule has 0 N–H and O–H groups in total. The van der Waals surface area contributed by atoms with E-state index in [1.54, 1.807) is 0 Å². The first-order valence-corrected chi connectivity index (χ1v) is 8.49. The fourth-order valence-electron chi connectivity index (χ4n) is 5.52. The standard InChI is InChI=1S/C19H25NO/c1-20(12-13-5-3-2-4-6-13)19(21)18-16-8-14-7-15(10-16)11-17(18)9-14/h2-6,14-18H,7-12H2,1H3. The molecule has 112 valence electrons. The third kappa shape index (κ3) is 2.39. The summed E-state index contributed by atoms with van der Waals surface area (Å²) in [5.74, 6) is 3.99. The van der Waals surface area contributed by atoms with Crippen LogP contribution in [0.15, 0.2) is 30.3 Å². The van der Waals surface area contributed by atoms with Gasteiger partial charge in [-0.2, -0.15) is 0 Å². The molecule has 4 aliphatic rings. The average molecular weight is 283 g/mol. The maximum atomic E-state index is 13.0. The fourth-order valence-corrected chi connectivity index (χ4v) is 5.52. The Labute approximate surface area is 127 Å². The molecular weight excluding hydrogens is 258 g/mol. The number of carbonyl (C=O) groups is 1. The fraction of sp³-hybridized carbons (Fsp3) is 0.632. The van der Waals surface area contributed by atoms with E-state index in [0.29, 0.717) is 23.7 Å². The van der Waals surface area contributed by atoms with E-state index in [-0.39, 0.29) is 0 Å². The molecule has 0 aliphatic heterocycles. The zero-order valence-electron chi connectivity index (χ0n) is 12.9. The number of hydrogen-bond acceptors (Lipinski definition) is 1. The Balaban J connectivity index is 1.47. The van der Waals surface area contributed by atoms with Crippen molar-refractivity contribution >= 4 is 5.91 Å². The Hall–Kier alpha value is -1.31. The Kier molecular flexibility index (Phi) is 3.28. The lowest BCUT2D eigenvalue weighted by atomic mass is 9.51. The first-order valence-electron chi connectivity index (χ1n) is 8.49. The SMILES string of the molecule is CN(Cc1ccccc1)C(=O)C1C2CC3CC(C2)CC1C3. The summed E-state index contributed by atoms with van der Waals surface area (Å²) >= 11 is 0. The topological polar surface area (TPSA) is 20.3 Å². The highest BCUT2D eigenvalue weighted by Crippen LogP contribution is 2.56. The molecule has 0 unspecified atom stereocenters. The lowest BCUT2D eigenvalue weighted by molar-refractivity contribution is -0.148. The highest BCUT2D eigenvalue weighted by molar-refractivity contribution is 5.79. The first kappa shape index (κ1) is 13.4. The van der Waals surface area contributed by atoms with Crippen molar-refractivity contribution in [3.63, 3.8) is 0 Å². The van der Waals surface area contributed by atoms with Crippen molar-refractivity contribution in [1.82, 2.24) is 4.90 Å². The van der Waals surface area contributed by atoms with Gasteiger partial charge in [-0.15, -0.1) is 0 Å². The van der Waals surface area contributed by atoms with Crippen LogP contribution in [0, 0.1) is 29.6 Å². The van der Waals surface area contributed by atoms with Gasteiger partial charge in [-0.05, 0) is 61.3 Å². The van der Waals surface area contributed by atoms with E-state index in [2.05, 4.69) is 24.3 Å². The lowest BCUT2D eigenvalue weighted by Gasteiger charge is -2.54. The second-order valence-electron chi connectivity index (χ2n) is 7.64. The van der Waals surface area contributed by atoms with Crippen LogP contribution in [0.5, 0.6) is 0 Å². The molecule has 1 aromatic rings. The van der Waals surface area contributed by atoms with Crippen molar-refractivity contribution in [3.8, 4) is 0 Å². The number of carbonyl (C=O) groups excluding carboxylic acids is 1. The summed E-state index contributed by atoms with van der Waals surface area (Å²) in [7, 11) is 1.99. The molecular formula is C19H25NO. The van der Waals surface area contributed by atoms with Crippen molar-refractivity contribution in [2.24, 2.45) is 29.6 Å². The van der Waals surface area contributed by atoms with Crippen LogP contribution in [-0.4, -0.2) is 17.9 Å². The molecule has 4 aliphatic carbocycles. The Bertz CT molecular complexity index is 496. The van der Waals surface area contributed by atoms with Gasteiger partial charge in [-0.25, -0.2) is 0 Å². The van der Waals surface area contributed by atoms with Gasteiger partial charge in [-0.1, -0.05) is 30.3 Å². The third-order valence-corrected chi connectivity index (χ3v) is 6.15. The monoisotopic (exact) mass is 283 g/mol. The summed E-state index contributed by atoms with van der Waals surface area (Å²) in [6.07, 6.45) is 6.74. The predicted octanol–water partition coefficient (Wildman–Crippen LogP) is 3.72. The second kappa shape index (κ2) is 5.15. The summed E-state index contributed by atoms with van der Waals surface area (Å²) in [5, 5.41) is 0. The summed E-state index contributed by atoms with van der Waals surface area (Å²) in [6, 6.07) is 10.4. The Morgan fingerprint density at radius 2 is 1.57 bits per heavy atom. The van der Waals surface area contributed by atoms with Crippen LogP contribution in [0.2, 0.25) is 0 Å². The van der Waals surface area contributed by atoms with Crippen LogP contribution >= 0.6 is 0 Å². The van der Waals surface area contributed by atoms with Crippen molar-refractivity contribution in [2.75, 3.05) is 7.05 Å². The third-order valence-electron chi connectivity index (χ3n) is 6.15. The van der Waals surface area contributed by atoms with Gasteiger partial charge in [0, 0.05) is 19.5 Å². The zero-order chi connectivity index (χ0) is 14.4. The van der Waals surface area contributed by atoms with Crippen LogP contribution in [0.25, 0.3) is 0 Å². The van der Waals surface area contributed by atoms with E-state index < -0.39 is 0 Å². The highest BCUT2D eigenvalue weighted by atomic mass is 16.2. The molecule has 0 atom stereocenters. The van der Waals surface area contributed by atoms with Gasteiger partial charge >= 0.3 is 0 Å². The van der Waals surface area contributed by atoms with Crippen molar-refractivity contribution < 1.29 is 4.79 Å². The minimum atomic E-state index is 0.325. The number of nitrogens with zero attached hydrogens (tertiary/aromatic N) is 1. The molecule has 0 spiro atoms. The number of amides is 1. The lowest BCUT2D eigenvalue weighted by Crippen LogP contribution is -2.51. The molecule has 4 bridgehead atoms. The zero-order valence-corrected chi connectivity index (χ0v) is 12.9. The molecule has 1 amide bonds. The van der Waals surface area contributed by atoms with Gasteiger partial charge in [0.2, 0.25) is 5.91 Å². The average Bonchev–Trinajstić information content (AvgIpc) is 2.47. The molecule has 21 heavy (non-hydrogen) atoms. The second-order valence-corrected chi connectivity index (χ2v) is 7.64. The largest absolute Gasteiger partial charge is 0.341 e. The molecule has 2 heteroatoms. The maximum absolute atomic E-state index is 13.0. The molecule has 2 nitrogen and oxygen atoms in total. The van der Waals surface area contributed by atoms with Crippen LogP contribution in [0.4, 0.5) is 0 Å². The molecule has 0 heterocycles. The van der Waals surface area contributed by atoms with Crippen molar-refractivity contribution in [3.05, 3.63) is 35.9 Å². The molecule has 1 aromatic carbocycles. The van der Waals surface area contributed by atoms with Crippen LogP contribution in [0.1, 0.15) is 37.7 Å². The summed E-state index contributed by atoms with van der Waals surface area (Å²) < 4.78 is 0. The smallest absolute Gasteiger partial charge is 0.226 e. The van der Waals surface area contributed by atoms with E-state index in [4.69, 9.17) is 0 Å². The van der Waals surface area contributed by atoms with E-state index in [0.717, 1.165) is 18.4 Å². The number of rotatable bonds is 3. The van der Waals surface area contributed by atoms with E-state index in [1.165, 1.54) is 37.7 Å². The summed E-state index contributed by atoms with van der Waals surface area (Å²) in [6.45, 7) is 0.752. The minimum absolute atomic E-state index is 0.325. The number of benzene rings is 1. The molecule has 4 saturated carbocycles. The quantitative estimate of drug-likeness (QED) is 0.828. The molecule has 4 fully saturated rings. The molecule has 0 aromatic heterocycles. The predicted molar refractivity (Wildman–Crippen MR) is 83.5 cm³/mol. The van der Waals surface area contributed by atoms with Crippen LogP contribution in [0.3, 0.4) is 0 Å². The van der Waals surface area contributed by atoms with Gasteiger partial charge in [0.15, 0.2) is 0 Å². The Morgan fingerprint density at radius 3 is 2.14 bits per heavy atom. The highest BCUT2D eigenvalue weighted by Gasteiger charge is 2.51. The minimum Gasteiger partial charge on any atom is -0.341 e. The molecule has 5 rings (SSSR count). The van der Waals surface area contributed by atoms with Gasteiger partial charge in [0.05, 0.1) is 0 Å². The number of hydrogen-bond donors (Lipinski definition) is 0. The van der Waals surface area contributed by atoms with Crippen LogP contribution < -0.4 is 0 Å². The van der Waals surface area contributed by atoms with Gasteiger partial charge in [0.1, 0.15) is 0 Å². The maximum Gasteiger partial charge on any atom is 0.226 e. The molecule has 0 saturated heterocycles. The summed E-state index contributed by atoms with van der Waals surface area (Å²) in [5.41, 5.74) is 1.23. The normalized spacial score (nSPS) is 36.7.